The Bertz CT molecular complexity index is 124. The minimum absolute atomic E-state index is 0.233. The van der Waals surface area contributed by atoms with E-state index in [2.05, 4.69) is 11.8 Å². The van der Waals surface area contributed by atoms with Gasteiger partial charge in [0.1, 0.15) is 0 Å². The van der Waals surface area contributed by atoms with Crippen LogP contribution < -0.4 is 0 Å². The molecule has 1 rings (SSSR count). The van der Waals surface area contributed by atoms with Crippen LogP contribution in [-0.4, -0.2) is 42.5 Å². The number of carbonyl (C=O) groups is 1. The third-order valence-corrected chi connectivity index (χ3v) is 1.64. The number of amides is 1. The molecular weight excluding hydrogens is 116 g/mol. The van der Waals surface area contributed by atoms with Gasteiger partial charge in [0.05, 0.1) is 13.2 Å². The molecule has 3 heteroatoms. The zero-order chi connectivity index (χ0) is 6.85. The number of carbonyl (C=O) groups excluding carboxylic acids is 1. The van der Waals surface area contributed by atoms with Crippen molar-refractivity contribution in [2.24, 2.45) is 0 Å². The maximum Gasteiger partial charge on any atom is 0.237 e. The van der Waals surface area contributed by atoms with Crippen LogP contribution in [0.5, 0.6) is 0 Å². The highest BCUT2D eigenvalue weighted by atomic mass is 16.2. The molecule has 9 heavy (non-hydrogen) atoms. The Balaban J connectivity index is 2.44. The van der Waals surface area contributed by atoms with E-state index in [1.165, 1.54) is 0 Å². The van der Waals surface area contributed by atoms with Gasteiger partial charge in [-0.2, -0.15) is 0 Å². The number of rotatable bonds is 1. The van der Waals surface area contributed by atoms with Crippen molar-refractivity contribution in [1.82, 2.24) is 9.80 Å². The molecule has 0 aliphatic carbocycles. The zero-order valence-electron chi connectivity index (χ0n) is 5.92. The number of hydrogen-bond donors (Lipinski definition) is 0. The molecule has 0 radical (unpaired) electrons. The van der Waals surface area contributed by atoms with Gasteiger partial charge in [-0.15, -0.1) is 0 Å². The molecule has 1 fully saturated rings. The summed E-state index contributed by atoms with van der Waals surface area (Å²) in [5.74, 6) is 0.233. The van der Waals surface area contributed by atoms with Gasteiger partial charge in [-0.25, -0.2) is 0 Å². The molecule has 3 nitrogen and oxygen atoms in total. The van der Waals surface area contributed by atoms with Crippen molar-refractivity contribution in [1.29, 1.82) is 0 Å². The van der Waals surface area contributed by atoms with Crippen LogP contribution in [0.25, 0.3) is 0 Å². The summed E-state index contributed by atoms with van der Waals surface area (Å²) in [6, 6.07) is 0. The van der Waals surface area contributed by atoms with Gasteiger partial charge in [0.15, 0.2) is 0 Å². The van der Waals surface area contributed by atoms with Crippen LogP contribution in [0.15, 0.2) is 0 Å². The monoisotopic (exact) mass is 128 g/mol. The van der Waals surface area contributed by atoms with Gasteiger partial charge in [0.2, 0.25) is 5.91 Å². The number of hydrogen-bond acceptors (Lipinski definition) is 2. The van der Waals surface area contributed by atoms with Gasteiger partial charge < -0.3 is 4.90 Å². The van der Waals surface area contributed by atoms with Crippen LogP contribution in [0.4, 0.5) is 0 Å². The highest BCUT2D eigenvalue weighted by Gasteiger charge is 2.21. The summed E-state index contributed by atoms with van der Waals surface area (Å²) in [5, 5.41) is 0. The van der Waals surface area contributed by atoms with E-state index >= 15 is 0 Å². The third-order valence-electron chi connectivity index (χ3n) is 1.64. The quantitative estimate of drug-likeness (QED) is 0.485. The fraction of sp³-hybridized carbons (Fsp3) is 0.833. The van der Waals surface area contributed by atoms with Gasteiger partial charge in [-0.1, -0.05) is 6.92 Å². The maximum absolute atomic E-state index is 10.8. The summed E-state index contributed by atoms with van der Waals surface area (Å²) in [7, 11) is 1.83. The largest absolute Gasteiger partial charge is 0.332 e. The molecule has 0 aromatic heterocycles. The van der Waals surface area contributed by atoms with Gasteiger partial charge in [-0.3, -0.25) is 9.69 Å². The fourth-order valence-electron chi connectivity index (χ4n) is 0.953. The molecule has 1 aliphatic heterocycles. The molecule has 1 heterocycles. The summed E-state index contributed by atoms with van der Waals surface area (Å²) in [4.78, 5) is 14.7. The van der Waals surface area contributed by atoms with Gasteiger partial charge in [0, 0.05) is 7.05 Å². The van der Waals surface area contributed by atoms with Crippen LogP contribution in [0.1, 0.15) is 6.92 Å². The van der Waals surface area contributed by atoms with E-state index in [1.54, 1.807) is 4.90 Å². The minimum atomic E-state index is 0.233. The molecule has 1 aliphatic rings. The van der Waals surface area contributed by atoms with Crippen molar-refractivity contribution in [2.45, 2.75) is 6.92 Å². The molecule has 0 saturated carbocycles. The molecule has 0 aromatic carbocycles. The highest BCUT2D eigenvalue weighted by molar-refractivity contribution is 5.79. The third kappa shape index (κ3) is 1.21. The predicted molar refractivity (Wildman–Crippen MR) is 34.9 cm³/mol. The SMILES string of the molecule is CCN1CC(=O)N(C)C1. The smallest absolute Gasteiger partial charge is 0.237 e. The van der Waals surface area contributed by atoms with Gasteiger partial charge >= 0.3 is 0 Å². The van der Waals surface area contributed by atoms with E-state index in [0.717, 1.165) is 13.2 Å². The van der Waals surface area contributed by atoms with E-state index in [-0.39, 0.29) is 5.91 Å². The second kappa shape index (κ2) is 2.35. The molecule has 0 bridgehead atoms. The molecule has 1 amide bonds. The Hall–Kier alpha value is -0.570. The molecule has 0 unspecified atom stereocenters. The maximum atomic E-state index is 10.8. The normalized spacial score (nSPS) is 21.6. The Kier molecular flexibility index (Phi) is 1.71. The van der Waals surface area contributed by atoms with E-state index in [4.69, 9.17) is 0 Å². The molecule has 0 atom stereocenters. The van der Waals surface area contributed by atoms with Crippen molar-refractivity contribution in [3.8, 4) is 0 Å². The lowest BCUT2D eigenvalue weighted by atomic mass is 10.5. The van der Waals surface area contributed by atoms with Crippen LogP contribution >= 0.6 is 0 Å². The average Bonchev–Trinajstić information content (AvgIpc) is 2.13. The summed E-state index contributed by atoms with van der Waals surface area (Å²) in [6.45, 7) is 4.44. The molecule has 1 saturated heterocycles. The molecule has 0 aromatic rings. The van der Waals surface area contributed by atoms with Crippen LogP contribution in [0.3, 0.4) is 0 Å². The molecular formula is C6H12N2O. The fourth-order valence-corrected chi connectivity index (χ4v) is 0.953. The first-order valence-corrected chi connectivity index (χ1v) is 3.20. The molecule has 0 N–H and O–H groups in total. The first-order chi connectivity index (χ1) is 4.24. The van der Waals surface area contributed by atoms with E-state index < -0.39 is 0 Å². The number of nitrogens with zero attached hydrogens (tertiary/aromatic N) is 2. The van der Waals surface area contributed by atoms with Crippen molar-refractivity contribution < 1.29 is 4.79 Å². The first-order valence-electron chi connectivity index (χ1n) is 3.20. The Morgan fingerprint density at radius 3 is 2.56 bits per heavy atom. The van der Waals surface area contributed by atoms with E-state index in [1.807, 2.05) is 7.05 Å². The topological polar surface area (TPSA) is 23.6 Å². The second-order valence-electron chi connectivity index (χ2n) is 2.38. The first kappa shape index (κ1) is 6.55. The standard InChI is InChI=1S/C6H12N2O/c1-3-8-4-6(9)7(2)5-8/h3-5H2,1-2H3. The summed E-state index contributed by atoms with van der Waals surface area (Å²) >= 11 is 0. The highest BCUT2D eigenvalue weighted by Crippen LogP contribution is 2.01. The lowest BCUT2D eigenvalue weighted by molar-refractivity contribution is -0.125. The average molecular weight is 128 g/mol. The molecule has 52 valence electrons. The predicted octanol–water partition coefficient (Wildman–Crippen LogP) is -0.262. The van der Waals surface area contributed by atoms with Crippen molar-refractivity contribution in [3.63, 3.8) is 0 Å². The van der Waals surface area contributed by atoms with Crippen LogP contribution in [-0.2, 0) is 4.79 Å². The van der Waals surface area contributed by atoms with Crippen molar-refractivity contribution in [3.05, 3.63) is 0 Å². The summed E-state index contributed by atoms with van der Waals surface area (Å²) in [5.41, 5.74) is 0. The second-order valence-corrected chi connectivity index (χ2v) is 2.38. The van der Waals surface area contributed by atoms with E-state index in [9.17, 15) is 4.79 Å². The van der Waals surface area contributed by atoms with Crippen molar-refractivity contribution in [2.75, 3.05) is 26.8 Å². The Morgan fingerprint density at radius 1 is 1.67 bits per heavy atom. The Labute approximate surface area is 55.2 Å². The van der Waals surface area contributed by atoms with Gasteiger partial charge in [0.25, 0.3) is 0 Å². The van der Waals surface area contributed by atoms with Gasteiger partial charge in [-0.05, 0) is 6.54 Å². The Morgan fingerprint density at radius 2 is 2.33 bits per heavy atom. The lowest BCUT2D eigenvalue weighted by Gasteiger charge is -2.10. The molecule has 0 spiro atoms. The summed E-state index contributed by atoms with van der Waals surface area (Å²) in [6.07, 6.45) is 0. The minimum Gasteiger partial charge on any atom is -0.332 e. The zero-order valence-corrected chi connectivity index (χ0v) is 5.92. The van der Waals surface area contributed by atoms with Crippen LogP contribution in [0.2, 0.25) is 0 Å². The number of likely N-dealkylation sites (N-methyl/N-ethyl adjacent to an activating group) is 2. The van der Waals surface area contributed by atoms with E-state index in [0.29, 0.717) is 6.54 Å². The van der Waals surface area contributed by atoms with Crippen molar-refractivity contribution >= 4 is 5.91 Å². The summed E-state index contributed by atoms with van der Waals surface area (Å²) < 4.78 is 0. The van der Waals surface area contributed by atoms with Crippen LogP contribution in [0, 0.1) is 0 Å². The lowest BCUT2D eigenvalue weighted by Crippen LogP contribution is -2.22.